The normalized spacial score (nSPS) is 11.0. The number of non-ortho nitro benzene ring substituents is 1. The van der Waals surface area contributed by atoms with Gasteiger partial charge in [0.25, 0.3) is 5.69 Å². The van der Waals surface area contributed by atoms with E-state index in [1.807, 2.05) is 0 Å². The fourth-order valence-corrected chi connectivity index (χ4v) is 2.95. The average molecular weight is 366 g/mol. The van der Waals surface area contributed by atoms with Crippen molar-refractivity contribution in [2.24, 2.45) is 0 Å². The highest BCUT2D eigenvalue weighted by atomic mass is 32.1. The minimum Gasteiger partial charge on any atom is -0.360 e. The molecule has 8 heteroatoms. The van der Waals surface area contributed by atoms with E-state index in [1.165, 1.54) is 41.8 Å². The molecular formula is C18H11FN4O2S. The van der Waals surface area contributed by atoms with Crippen molar-refractivity contribution in [2.45, 2.75) is 0 Å². The van der Waals surface area contributed by atoms with E-state index < -0.39 is 4.92 Å². The second kappa shape index (κ2) is 7.55. The summed E-state index contributed by atoms with van der Waals surface area (Å²) in [7, 11) is 0. The van der Waals surface area contributed by atoms with Gasteiger partial charge in [0.1, 0.15) is 22.5 Å². The van der Waals surface area contributed by atoms with Crippen LogP contribution in [0.4, 0.5) is 15.8 Å². The number of allylic oxidation sites excluding steroid dienone is 1. The number of hydrogen-bond acceptors (Lipinski definition) is 6. The molecule has 0 aliphatic rings. The van der Waals surface area contributed by atoms with Crippen LogP contribution in [0.3, 0.4) is 0 Å². The zero-order valence-electron chi connectivity index (χ0n) is 13.2. The van der Waals surface area contributed by atoms with E-state index in [9.17, 15) is 19.8 Å². The van der Waals surface area contributed by atoms with Gasteiger partial charge in [0, 0.05) is 35.0 Å². The van der Waals surface area contributed by atoms with Gasteiger partial charge in [-0.05, 0) is 24.3 Å². The molecule has 1 N–H and O–H groups in total. The summed E-state index contributed by atoms with van der Waals surface area (Å²) >= 11 is 1.26. The van der Waals surface area contributed by atoms with Gasteiger partial charge in [-0.2, -0.15) is 5.26 Å². The van der Waals surface area contributed by atoms with Crippen LogP contribution in [0.25, 0.3) is 16.8 Å². The molecule has 128 valence electrons. The van der Waals surface area contributed by atoms with Crippen LogP contribution in [0.15, 0.2) is 60.1 Å². The number of nitro benzene ring substituents is 1. The maximum absolute atomic E-state index is 12.9. The highest BCUT2D eigenvalue weighted by Crippen LogP contribution is 2.28. The molecule has 0 bridgehead atoms. The fourth-order valence-electron chi connectivity index (χ4n) is 2.15. The van der Waals surface area contributed by atoms with Crippen LogP contribution in [0, 0.1) is 27.3 Å². The number of benzene rings is 2. The molecule has 0 atom stereocenters. The molecule has 0 spiro atoms. The Labute approximate surface area is 152 Å². The smallest absolute Gasteiger partial charge is 0.270 e. The van der Waals surface area contributed by atoms with Crippen molar-refractivity contribution < 1.29 is 9.31 Å². The average Bonchev–Trinajstić information content (AvgIpc) is 3.14. The molecule has 6 nitrogen and oxygen atoms in total. The molecule has 0 saturated heterocycles. The van der Waals surface area contributed by atoms with Crippen molar-refractivity contribution in [1.29, 1.82) is 5.26 Å². The SMILES string of the molecule is N#C/C(=C\Nc1ccc(F)cc1)c1nc(-c2cccc([N+](=O)[O-])c2)cs1. The maximum atomic E-state index is 12.9. The molecule has 3 aromatic rings. The van der Waals surface area contributed by atoms with Crippen LogP contribution in [-0.2, 0) is 0 Å². The molecule has 0 aliphatic carbocycles. The third-order valence-corrected chi connectivity index (χ3v) is 4.31. The van der Waals surface area contributed by atoms with E-state index in [2.05, 4.69) is 16.4 Å². The monoisotopic (exact) mass is 366 g/mol. The summed E-state index contributed by atoms with van der Waals surface area (Å²) in [4.78, 5) is 14.8. The molecule has 1 heterocycles. The van der Waals surface area contributed by atoms with Crippen molar-refractivity contribution in [3.8, 4) is 17.3 Å². The Bertz CT molecular complexity index is 1020. The Balaban J connectivity index is 1.84. The van der Waals surface area contributed by atoms with Crippen LogP contribution in [0.5, 0.6) is 0 Å². The van der Waals surface area contributed by atoms with Gasteiger partial charge < -0.3 is 5.32 Å². The lowest BCUT2D eigenvalue weighted by atomic mass is 10.1. The molecule has 1 aromatic heterocycles. The van der Waals surface area contributed by atoms with Crippen LogP contribution in [-0.4, -0.2) is 9.91 Å². The van der Waals surface area contributed by atoms with Gasteiger partial charge in [-0.1, -0.05) is 12.1 Å². The largest absolute Gasteiger partial charge is 0.360 e. The first-order valence-corrected chi connectivity index (χ1v) is 8.28. The fraction of sp³-hybridized carbons (Fsp3) is 0. The van der Waals surface area contributed by atoms with E-state index in [0.29, 0.717) is 27.5 Å². The first-order chi connectivity index (χ1) is 12.6. The molecule has 3 rings (SSSR count). The van der Waals surface area contributed by atoms with Crippen LogP contribution >= 0.6 is 11.3 Å². The predicted molar refractivity (Wildman–Crippen MR) is 97.8 cm³/mol. The zero-order chi connectivity index (χ0) is 18.5. The molecule has 0 saturated carbocycles. The molecular weight excluding hydrogens is 355 g/mol. The van der Waals surface area contributed by atoms with Gasteiger partial charge in [-0.25, -0.2) is 9.37 Å². The van der Waals surface area contributed by atoms with E-state index in [1.54, 1.807) is 29.6 Å². The standard InChI is InChI=1S/C18H11FN4O2S/c19-14-4-6-15(7-5-14)21-10-13(9-20)18-22-17(11-26-18)12-2-1-3-16(8-12)23(24)25/h1-8,10-11,21H/b13-10+. The molecule has 0 aliphatic heterocycles. The zero-order valence-corrected chi connectivity index (χ0v) is 14.0. The molecule has 26 heavy (non-hydrogen) atoms. The number of nitrogens with zero attached hydrogens (tertiary/aromatic N) is 3. The van der Waals surface area contributed by atoms with Gasteiger partial charge in [0.2, 0.25) is 0 Å². The number of halogens is 1. The van der Waals surface area contributed by atoms with Crippen LogP contribution in [0.1, 0.15) is 5.01 Å². The number of nitro groups is 1. The van der Waals surface area contributed by atoms with Crippen molar-refractivity contribution >= 4 is 28.3 Å². The lowest BCUT2D eigenvalue weighted by molar-refractivity contribution is -0.384. The maximum Gasteiger partial charge on any atom is 0.270 e. The summed E-state index contributed by atoms with van der Waals surface area (Å²) in [6.07, 6.45) is 1.49. The van der Waals surface area contributed by atoms with Crippen molar-refractivity contribution in [3.05, 3.63) is 81.1 Å². The van der Waals surface area contributed by atoms with Crippen molar-refractivity contribution in [2.75, 3.05) is 5.32 Å². The third-order valence-electron chi connectivity index (χ3n) is 3.44. The molecule has 0 amide bonds. The van der Waals surface area contributed by atoms with Crippen LogP contribution < -0.4 is 5.32 Å². The highest BCUT2D eigenvalue weighted by Gasteiger charge is 2.12. The Morgan fingerprint density at radius 3 is 2.77 bits per heavy atom. The van der Waals surface area contributed by atoms with E-state index in [4.69, 9.17) is 0 Å². The van der Waals surface area contributed by atoms with Crippen molar-refractivity contribution in [1.82, 2.24) is 4.98 Å². The lowest BCUT2D eigenvalue weighted by Gasteiger charge is -2.01. The van der Waals surface area contributed by atoms with Gasteiger partial charge >= 0.3 is 0 Å². The van der Waals surface area contributed by atoms with Crippen LogP contribution in [0.2, 0.25) is 0 Å². The second-order valence-corrected chi connectivity index (χ2v) is 6.02. The number of thiazole rings is 1. The van der Waals surface area contributed by atoms with E-state index >= 15 is 0 Å². The number of nitriles is 1. The van der Waals surface area contributed by atoms with Gasteiger partial charge in [-0.3, -0.25) is 10.1 Å². The summed E-state index contributed by atoms with van der Waals surface area (Å²) < 4.78 is 12.9. The Morgan fingerprint density at radius 1 is 1.31 bits per heavy atom. The van der Waals surface area contributed by atoms with Gasteiger partial charge in [0.15, 0.2) is 0 Å². The third kappa shape index (κ3) is 3.91. The number of nitrogens with one attached hydrogen (secondary N) is 1. The number of aromatic nitrogens is 1. The van der Waals surface area contributed by atoms with Gasteiger partial charge in [0.05, 0.1) is 10.6 Å². The minimum atomic E-state index is -0.468. The summed E-state index contributed by atoms with van der Waals surface area (Å²) in [6.45, 7) is 0. The highest BCUT2D eigenvalue weighted by molar-refractivity contribution is 7.11. The molecule has 2 aromatic carbocycles. The first-order valence-electron chi connectivity index (χ1n) is 7.40. The quantitative estimate of drug-likeness (QED) is 0.396. The predicted octanol–water partition coefficient (Wildman–Crippen LogP) is 4.83. The summed E-state index contributed by atoms with van der Waals surface area (Å²) in [5.74, 6) is -0.346. The number of rotatable bonds is 5. The lowest BCUT2D eigenvalue weighted by Crippen LogP contribution is -1.91. The van der Waals surface area contributed by atoms with E-state index in [-0.39, 0.29) is 11.5 Å². The first kappa shape index (κ1) is 17.3. The summed E-state index contributed by atoms with van der Waals surface area (Å²) in [6, 6.07) is 13.9. The van der Waals surface area contributed by atoms with Gasteiger partial charge in [-0.15, -0.1) is 11.3 Å². The second-order valence-electron chi connectivity index (χ2n) is 5.17. The Kier molecular flexibility index (Phi) is 5.01. The van der Waals surface area contributed by atoms with E-state index in [0.717, 1.165) is 0 Å². The molecule has 0 unspecified atom stereocenters. The topological polar surface area (TPSA) is 91.8 Å². The number of anilines is 1. The number of hydrogen-bond donors (Lipinski definition) is 1. The molecule has 0 fully saturated rings. The Hall–Kier alpha value is -3.57. The summed E-state index contributed by atoms with van der Waals surface area (Å²) in [5, 5.41) is 25.4. The Morgan fingerprint density at radius 2 is 2.08 bits per heavy atom. The molecule has 0 radical (unpaired) electrons. The summed E-state index contributed by atoms with van der Waals surface area (Å²) in [5.41, 5.74) is 2.07. The minimum absolute atomic E-state index is 0.0222. The van der Waals surface area contributed by atoms with Crippen molar-refractivity contribution in [3.63, 3.8) is 0 Å².